The first-order valence-electron chi connectivity index (χ1n) is 5.98. The fourth-order valence-electron chi connectivity index (χ4n) is 1.87. The summed E-state index contributed by atoms with van der Waals surface area (Å²) < 4.78 is 32.9. The molecule has 0 saturated carbocycles. The van der Waals surface area contributed by atoms with Gasteiger partial charge >= 0.3 is 5.97 Å². The predicted molar refractivity (Wildman–Crippen MR) is 72.1 cm³/mol. The third-order valence-corrected chi connectivity index (χ3v) is 3.97. The summed E-state index contributed by atoms with van der Waals surface area (Å²) >= 11 is 5.77. The van der Waals surface area contributed by atoms with Gasteiger partial charge < -0.3 is 9.47 Å². The van der Waals surface area contributed by atoms with Gasteiger partial charge in [0.2, 0.25) is 10.0 Å². The summed E-state index contributed by atoms with van der Waals surface area (Å²) in [7, 11) is -3.93. The smallest absolute Gasteiger partial charge is 0.338 e. The molecule has 0 spiro atoms. The number of rotatable bonds is 4. The van der Waals surface area contributed by atoms with Crippen LogP contribution in [0.15, 0.2) is 23.1 Å². The van der Waals surface area contributed by atoms with Crippen molar-refractivity contribution in [1.29, 1.82) is 0 Å². The van der Waals surface area contributed by atoms with E-state index >= 15 is 0 Å². The Morgan fingerprint density at radius 1 is 1.45 bits per heavy atom. The van der Waals surface area contributed by atoms with Crippen LogP contribution < -0.4 is 5.14 Å². The van der Waals surface area contributed by atoms with Crippen LogP contribution in [-0.2, 0) is 19.5 Å². The first-order chi connectivity index (χ1) is 9.36. The summed E-state index contributed by atoms with van der Waals surface area (Å²) in [5.74, 6) is -0.659. The number of halogens is 1. The van der Waals surface area contributed by atoms with Crippen LogP contribution in [0, 0.1) is 0 Å². The first-order valence-corrected chi connectivity index (χ1v) is 7.91. The number of nitrogens with two attached hydrogens (primary N) is 1. The summed E-state index contributed by atoms with van der Waals surface area (Å²) in [5, 5.41) is 5.11. The van der Waals surface area contributed by atoms with E-state index in [2.05, 4.69) is 0 Å². The average Bonchev–Trinajstić information content (AvgIpc) is 2.87. The van der Waals surface area contributed by atoms with Crippen molar-refractivity contribution >= 4 is 27.6 Å². The van der Waals surface area contributed by atoms with E-state index in [4.69, 9.17) is 26.2 Å². The van der Waals surface area contributed by atoms with E-state index < -0.39 is 16.0 Å². The minimum absolute atomic E-state index is 0.0412. The Morgan fingerprint density at radius 3 is 2.80 bits per heavy atom. The molecule has 1 saturated heterocycles. The second kappa shape index (κ2) is 6.09. The van der Waals surface area contributed by atoms with Crippen LogP contribution in [0.2, 0.25) is 5.02 Å². The van der Waals surface area contributed by atoms with Crippen molar-refractivity contribution in [2.24, 2.45) is 5.14 Å². The van der Waals surface area contributed by atoms with Crippen molar-refractivity contribution in [2.45, 2.75) is 23.8 Å². The van der Waals surface area contributed by atoms with Crippen LogP contribution in [0.25, 0.3) is 0 Å². The number of benzene rings is 1. The summed E-state index contributed by atoms with van der Waals surface area (Å²) in [4.78, 5) is 11.6. The summed E-state index contributed by atoms with van der Waals surface area (Å²) in [6, 6.07) is 3.64. The second-order valence-electron chi connectivity index (χ2n) is 4.45. The Kier molecular flexibility index (Phi) is 4.64. The van der Waals surface area contributed by atoms with Gasteiger partial charge in [0.15, 0.2) is 0 Å². The molecule has 1 fully saturated rings. The van der Waals surface area contributed by atoms with Crippen LogP contribution in [-0.4, -0.2) is 33.7 Å². The lowest BCUT2D eigenvalue weighted by atomic mass is 10.2. The van der Waals surface area contributed by atoms with E-state index in [1.807, 2.05) is 0 Å². The van der Waals surface area contributed by atoms with Crippen LogP contribution >= 0.6 is 11.6 Å². The molecule has 1 atom stereocenters. The Labute approximate surface area is 121 Å². The third-order valence-electron chi connectivity index (χ3n) is 2.86. The minimum Gasteiger partial charge on any atom is -0.459 e. The van der Waals surface area contributed by atoms with E-state index in [1.54, 1.807) is 0 Å². The van der Waals surface area contributed by atoms with Gasteiger partial charge in [-0.1, -0.05) is 11.6 Å². The topological polar surface area (TPSA) is 95.7 Å². The maximum atomic E-state index is 11.9. The number of hydrogen-bond acceptors (Lipinski definition) is 5. The number of carbonyl (C=O) groups excluding carboxylic acids is 1. The number of sulfonamides is 1. The zero-order valence-corrected chi connectivity index (χ0v) is 12.1. The molecule has 110 valence electrons. The molecule has 2 N–H and O–H groups in total. The van der Waals surface area contributed by atoms with Crippen LogP contribution in [0.5, 0.6) is 0 Å². The van der Waals surface area contributed by atoms with Gasteiger partial charge in [-0.3, -0.25) is 0 Å². The summed E-state index contributed by atoms with van der Waals surface area (Å²) in [6.07, 6.45) is 1.68. The van der Waals surface area contributed by atoms with Crippen molar-refractivity contribution < 1.29 is 22.7 Å². The first kappa shape index (κ1) is 15.2. The van der Waals surface area contributed by atoms with Crippen molar-refractivity contribution in [3.63, 3.8) is 0 Å². The zero-order chi connectivity index (χ0) is 14.8. The Hall–Kier alpha value is -1.15. The van der Waals surface area contributed by atoms with Crippen LogP contribution in [0.1, 0.15) is 23.2 Å². The van der Waals surface area contributed by atoms with Crippen LogP contribution in [0.4, 0.5) is 0 Å². The van der Waals surface area contributed by atoms with Crippen molar-refractivity contribution in [2.75, 3.05) is 13.2 Å². The van der Waals surface area contributed by atoms with Gasteiger partial charge in [-0.05, 0) is 31.0 Å². The molecule has 0 aliphatic carbocycles. The molecular weight excluding hydrogens is 306 g/mol. The van der Waals surface area contributed by atoms with Gasteiger partial charge in [0.25, 0.3) is 0 Å². The maximum Gasteiger partial charge on any atom is 0.338 e. The minimum atomic E-state index is -3.93. The number of hydrogen-bond donors (Lipinski definition) is 1. The van der Waals surface area contributed by atoms with Gasteiger partial charge in [-0.15, -0.1) is 0 Å². The largest absolute Gasteiger partial charge is 0.459 e. The molecule has 1 heterocycles. The Morgan fingerprint density at radius 2 is 2.20 bits per heavy atom. The van der Waals surface area contributed by atoms with Crippen molar-refractivity contribution in [3.8, 4) is 0 Å². The lowest BCUT2D eigenvalue weighted by Gasteiger charge is -2.10. The van der Waals surface area contributed by atoms with Gasteiger partial charge in [0.1, 0.15) is 6.61 Å². The van der Waals surface area contributed by atoms with E-state index in [0.29, 0.717) is 6.61 Å². The molecule has 0 aromatic heterocycles. The van der Waals surface area contributed by atoms with Gasteiger partial charge in [-0.25, -0.2) is 18.4 Å². The van der Waals surface area contributed by atoms with E-state index in [0.717, 1.165) is 18.9 Å². The van der Waals surface area contributed by atoms with Gasteiger partial charge in [0, 0.05) is 11.6 Å². The van der Waals surface area contributed by atoms with Gasteiger partial charge in [0.05, 0.1) is 16.6 Å². The Bertz CT molecular complexity index is 610. The molecule has 1 aliphatic rings. The number of ether oxygens (including phenoxy) is 2. The molecule has 0 amide bonds. The molecule has 20 heavy (non-hydrogen) atoms. The van der Waals surface area contributed by atoms with E-state index in [-0.39, 0.29) is 28.2 Å². The Balaban J connectivity index is 2.11. The maximum absolute atomic E-state index is 11.9. The van der Waals surface area contributed by atoms with Crippen LogP contribution in [0.3, 0.4) is 0 Å². The SMILES string of the molecule is NS(=O)(=O)c1cc(Cl)cc(C(=O)OCC2CCCO2)c1. The third kappa shape index (κ3) is 3.92. The molecular formula is C12H14ClNO5S. The number of esters is 1. The molecule has 2 rings (SSSR count). The quantitative estimate of drug-likeness (QED) is 0.844. The van der Waals surface area contributed by atoms with Crippen molar-refractivity contribution in [3.05, 3.63) is 28.8 Å². The highest BCUT2D eigenvalue weighted by Gasteiger charge is 2.19. The standard InChI is InChI=1S/C12H14ClNO5S/c13-9-4-8(5-11(6-9)20(14,16)17)12(15)19-7-10-2-1-3-18-10/h4-6,10H,1-3,7H2,(H2,14,16,17). The van der Waals surface area contributed by atoms with E-state index in [1.165, 1.54) is 12.1 Å². The molecule has 0 radical (unpaired) electrons. The molecule has 0 bridgehead atoms. The average molecular weight is 320 g/mol. The molecule has 1 aliphatic heterocycles. The summed E-state index contributed by atoms with van der Waals surface area (Å²) in [5.41, 5.74) is 0.0412. The zero-order valence-electron chi connectivity index (χ0n) is 10.5. The summed E-state index contributed by atoms with van der Waals surface area (Å²) in [6.45, 7) is 0.797. The number of carbonyl (C=O) groups is 1. The molecule has 6 nitrogen and oxygen atoms in total. The lowest BCUT2D eigenvalue weighted by molar-refractivity contribution is 0.0161. The monoisotopic (exact) mass is 319 g/mol. The fourth-order valence-corrected chi connectivity index (χ4v) is 2.75. The normalized spacial score (nSPS) is 19.0. The molecule has 1 aromatic carbocycles. The molecule has 1 aromatic rings. The van der Waals surface area contributed by atoms with E-state index in [9.17, 15) is 13.2 Å². The molecule has 1 unspecified atom stereocenters. The fraction of sp³-hybridized carbons (Fsp3) is 0.417. The highest BCUT2D eigenvalue weighted by Crippen LogP contribution is 2.19. The lowest BCUT2D eigenvalue weighted by Crippen LogP contribution is -2.18. The predicted octanol–water partition coefficient (Wildman–Crippen LogP) is 1.32. The highest BCUT2D eigenvalue weighted by molar-refractivity contribution is 7.89. The van der Waals surface area contributed by atoms with Crippen molar-refractivity contribution in [1.82, 2.24) is 0 Å². The highest BCUT2D eigenvalue weighted by atomic mass is 35.5. The number of primary sulfonamides is 1. The van der Waals surface area contributed by atoms with Gasteiger partial charge in [-0.2, -0.15) is 0 Å². The molecule has 8 heteroatoms. The second-order valence-corrected chi connectivity index (χ2v) is 6.45.